The first-order valence-corrected chi connectivity index (χ1v) is 6.89. The molecule has 0 bridgehead atoms. The average molecular weight is 346 g/mol. The largest absolute Gasteiger partial charge is 0.423 e. The van der Waals surface area contributed by atoms with E-state index in [1.165, 1.54) is 53.9 Å². The van der Waals surface area contributed by atoms with Gasteiger partial charge < -0.3 is 4.74 Å². The van der Waals surface area contributed by atoms with Gasteiger partial charge in [-0.2, -0.15) is 5.10 Å². The van der Waals surface area contributed by atoms with Crippen molar-refractivity contribution in [2.75, 3.05) is 0 Å². The highest BCUT2D eigenvalue weighted by Crippen LogP contribution is 2.28. The molecule has 0 aliphatic rings. The predicted molar refractivity (Wildman–Crippen MR) is 82.2 cm³/mol. The molecule has 0 aliphatic heterocycles. The molecular weight excluding hydrogens is 338 g/mol. The van der Waals surface area contributed by atoms with Gasteiger partial charge in [-0.1, -0.05) is 11.6 Å². The number of nitro benzene ring substituents is 1. The van der Waals surface area contributed by atoms with E-state index in [0.29, 0.717) is 5.82 Å². The molecule has 0 amide bonds. The van der Waals surface area contributed by atoms with Crippen LogP contribution in [0.25, 0.3) is 5.82 Å². The lowest BCUT2D eigenvalue weighted by Gasteiger charge is -2.06. The van der Waals surface area contributed by atoms with Gasteiger partial charge in [0.05, 0.1) is 10.5 Å². The minimum atomic E-state index is -0.663. The van der Waals surface area contributed by atoms with Crippen molar-refractivity contribution in [1.82, 2.24) is 19.7 Å². The Morgan fingerprint density at radius 1 is 1.29 bits per heavy atom. The molecule has 120 valence electrons. The number of carbonyl (C=O) groups is 1. The highest BCUT2D eigenvalue weighted by molar-refractivity contribution is 6.32. The minimum absolute atomic E-state index is 0.0923. The number of aromatic nitrogens is 4. The molecular formula is C14H8ClN5O4. The Hall–Kier alpha value is -3.33. The van der Waals surface area contributed by atoms with Crippen LogP contribution in [0.2, 0.25) is 5.02 Å². The first-order valence-electron chi connectivity index (χ1n) is 6.52. The van der Waals surface area contributed by atoms with E-state index in [4.69, 9.17) is 16.3 Å². The number of nitrogens with zero attached hydrogens (tertiary/aromatic N) is 5. The SMILES string of the molecule is O=C(Oc1ccc([N+](=O)[O-])c(Cl)c1)c1ccnc(-n2cncn2)c1. The smallest absolute Gasteiger partial charge is 0.343 e. The Labute approximate surface area is 139 Å². The molecule has 9 nitrogen and oxygen atoms in total. The summed E-state index contributed by atoms with van der Waals surface area (Å²) in [6.45, 7) is 0. The number of hydrogen-bond donors (Lipinski definition) is 0. The van der Waals surface area contributed by atoms with Gasteiger partial charge in [0.25, 0.3) is 5.69 Å². The molecule has 0 saturated heterocycles. The molecule has 0 fully saturated rings. The van der Waals surface area contributed by atoms with Crippen molar-refractivity contribution in [2.24, 2.45) is 0 Å². The molecule has 3 rings (SSSR count). The van der Waals surface area contributed by atoms with Crippen molar-refractivity contribution < 1.29 is 14.5 Å². The summed E-state index contributed by atoms with van der Waals surface area (Å²) in [5.74, 6) is -0.179. The average Bonchev–Trinajstić information content (AvgIpc) is 3.09. The summed E-state index contributed by atoms with van der Waals surface area (Å²) in [4.78, 5) is 30.2. The van der Waals surface area contributed by atoms with Crippen LogP contribution in [0.4, 0.5) is 5.69 Å². The second-order valence-electron chi connectivity index (χ2n) is 4.50. The first-order chi connectivity index (χ1) is 11.5. The third-order valence-corrected chi connectivity index (χ3v) is 3.26. The molecule has 10 heteroatoms. The van der Waals surface area contributed by atoms with Gasteiger partial charge in [0.1, 0.15) is 23.4 Å². The fraction of sp³-hybridized carbons (Fsp3) is 0. The number of hydrogen-bond acceptors (Lipinski definition) is 7. The van der Waals surface area contributed by atoms with Gasteiger partial charge in [0.15, 0.2) is 5.82 Å². The van der Waals surface area contributed by atoms with Crippen LogP contribution < -0.4 is 4.74 Å². The van der Waals surface area contributed by atoms with Crippen LogP contribution in [-0.4, -0.2) is 30.6 Å². The number of benzene rings is 1. The molecule has 0 radical (unpaired) electrons. The van der Waals surface area contributed by atoms with E-state index in [0.717, 1.165) is 0 Å². The lowest BCUT2D eigenvalue weighted by molar-refractivity contribution is -0.384. The Bertz CT molecular complexity index is 913. The van der Waals surface area contributed by atoms with E-state index in [1.807, 2.05) is 0 Å². The van der Waals surface area contributed by atoms with Crippen molar-refractivity contribution >= 4 is 23.3 Å². The fourth-order valence-electron chi connectivity index (χ4n) is 1.86. The van der Waals surface area contributed by atoms with E-state index in [1.54, 1.807) is 0 Å². The number of halogens is 1. The van der Waals surface area contributed by atoms with Gasteiger partial charge in [-0.05, 0) is 18.2 Å². The van der Waals surface area contributed by atoms with E-state index >= 15 is 0 Å². The van der Waals surface area contributed by atoms with Gasteiger partial charge >= 0.3 is 5.97 Å². The monoisotopic (exact) mass is 345 g/mol. The number of carbonyl (C=O) groups excluding carboxylic acids is 1. The quantitative estimate of drug-likeness (QED) is 0.309. The van der Waals surface area contributed by atoms with Crippen LogP contribution in [0.1, 0.15) is 10.4 Å². The van der Waals surface area contributed by atoms with Crippen LogP contribution in [0.5, 0.6) is 5.75 Å². The molecule has 0 N–H and O–H groups in total. The fourth-order valence-corrected chi connectivity index (χ4v) is 2.10. The Kier molecular flexibility index (Phi) is 4.17. The van der Waals surface area contributed by atoms with Crippen LogP contribution in [-0.2, 0) is 0 Å². The summed E-state index contributed by atoms with van der Waals surface area (Å²) >= 11 is 5.79. The normalized spacial score (nSPS) is 10.4. The molecule has 1 aromatic carbocycles. The molecule has 0 atom stereocenters. The van der Waals surface area contributed by atoms with E-state index < -0.39 is 10.9 Å². The van der Waals surface area contributed by atoms with Gasteiger partial charge in [-0.25, -0.2) is 19.4 Å². The van der Waals surface area contributed by atoms with Crippen molar-refractivity contribution in [1.29, 1.82) is 0 Å². The molecule has 0 unspecified atom stereocenters. The highest BCUT2D eigenvalue weighted by Gasteiger charge is 2.15. The Balaban J connectivity index is 1.82. The third kappa shape index (κ3) is 3.20. The second kappa shape index (κ2) is 6.42. The summed E-state index contributed by atoms with van der Waals surface area (Å²) in [5.41, 5.74) is -0.0428. The number of ether oxygens (including phenoxy) is 1. The van der Waals surface area contributed by atoms with E-state index in [-0.39, 0.29) is 22.0 Å². The number of pyridine rings is 1. The van der Waals surface area contributed by atoms with Gasteiger partial charge in [0, 0.05) is 18.3 Å². The zero-order valence-electron chi connectivity index (χ0n) is 11.9. The number of esters is 1. The molecule has 2 aromatic heterocycles. The Morgan fingerprint density at radius 2 is 2.12 bits per heavy atom. The zero-order valence-corrected chi connectivity index (χ0v) is 12.6. The maximum Gasteiger partial charge on any atom is 0.343 e. The van der Waals surface area contributed by atoms with Gasteiger partial charge in [-0.3, -0.25) is 10.1 Å². The summed E-state index contributed by atoms with van der Waals surface area (Å²) in [6, 6.07) is 6.61. The Morgan fingerprint density at radius 3 is 2.79 bits per heavy atom. The van der Waals surface area contributed by atoms with Gasteiger partial charge in [0.2, 0.25) is 0 Å². The van der Waals surface area contributed by atoms with Crippen molar-refractivity contribution in [3.8, 4) is 11.6 Å². The lowest BCUT2D eigenvalue weighted by atomic mass is 10.2. The summed E-state index contributed by atoms with van der Waals surface area (Å²) < 4.78 is 6.56. The molecule has 3 aromatic rings. The third-order valence-electron chi connectivity index (χ3n) is 2.96. The molecule has 0 aliphatic carbocycles. The first kappa shape index (κ1) is 15.6. The molecule has 2 heterocycles. The topological polar surface area (TPSA) is 113 Å². The zero-order chi connectivity index (χ0) is 17.1. The van der Waals surface area contributed by atoms with Crippen molar-refractivity contribution in [3.05, 3.63) is 69.9 Å². The number of rotatable bonds is 4. The summed E-state index contributed by atoms with van der Waals surface area (Å²) in [5, 5.41) is 14.5. The minimum Gasteiger partial charge on any atom is -0.423 e. The van der Waals surface area contributed by atoms with Crippen molar-refractivity contribution in [3.63, 3.8) is 0 Å². The van der Waals surface area contributed by atoms with E-state index in [2.05, 4.69) is 15.1 Å². The van der Waals surface area contributed by atoms with Crippen molar-refractivity contribution in [2.45, 2.75) is 0 Å². The molecule has 0 saturated carbocycles. The summed E-state index contributed by atoms with van der Waals surface area (Å²) in [6.07, 6.45) is 4.20. The predicted octanol–water partition coefficient (Wildman–Crippen LogP) is 2.44. The van der Waals surface area contributed by atoms with Crippen LogP contribution in [0, 0.1) is 10.1 Å². The van der Waals surface area contributed by atoms with Crippen LogP contribution in [0.3, 0.4) is 0 Å². The standard InChI is InChI=1S/C14H8ClN5O4/c15-11-6-10(1-2-12(11)20(22)23)24-14(21)9-3-4-17-13(5-9)19-8-16-7-18-19/h1-8H. The molecule has 0 spiro atoms. The maximum absolute atomic E-state index is 12.2. The van der Waals surface area contributed by atoms with Crippen LogP contribution in [0.15, 0.2) is 49.2 Å². The lowest BCUT2D eigenvalue weighted by Crippen LogP contribution is -2.10. The molecule has 24 heavy (non-hydrogen) atoms. The summed E-state index contributed by atoms with van der Waals surface area (Å²) in [7, 11) is 0. The van der Waals surface area contributed by atoms with E-state index in [9.17, 15) is 14.9 Å². The number of nitro groups is 1. The highest BCUT2D eigenvalue weighted by atomic mass is 35.5. The van der Waals surface area contributed by atoms with Crippen LogP contribution >= 0.6 is 11.6 Å². The van der Waals surface area contributed by atoms with Gasteiger partial charge in [-0.15, -0.1) is 0 Å². The second-order valence-corrected chi connectivity index (χ2v) is 4.91. The maximum atomic E-state index is 12.2.